The van der Waals surface area contributed by atoms with Crippen LogP contribution in [0.3, 0.4) is 0 Å². The Morgan fingerprint density at radius 2 is 1.78 bits per heavy atom. The fraction of sp³-hybridized carbons (Fsp3) is 0.375. The second-order valence-electron chi connectivity index (χ2n) is 4.75. The van der Waals surface area contributed by atoms with Crippen LogP contribution in [0.25, 0.3) is 0 Å². The van der Waals surface area contributed by atoms with Crippen LogP contribution in [0.15, 0.2) is 36.4 Å². The monoisotopic (exact) mass is 259 g/mol. The maximum Gasteiger partial charge on any atom is 0.0455 e. The predicted molar refractivity (Wildman–Crippen MR) is 80.4 cm³/mol. The Morgan fingerprint density at radius 1 is 1.06 bits per heavy atom. The molecule has 0 saturated carbocycles. The van der Waals surface area contributed by atoms with E-state index in [2.05, 4.69) is 62.5 Å². The molecule has 0 aliphatic rings. The molecule has 1 N–H and O–H groups in total. The van der Waals surface area contributed by atoms with Crippen LogP contribution in [-0.4, -0.2) is 6.54 Å². The van der Waals surface area contributed by atoms with Crippen molar-refractivity contribution in [1.82, 2.24) is 5.32 Å². The molecule has 1 aromatic carbocycles. The number of nitrogens with one attached hydrogen (secondary N) is 1. The van der Waals surface area contributed by atoms with E-state index in [-0.39, 0.29) is 0 Å². The third-order valence-corrected chi connectivity index (χ3v) is 4.23. The van der Waals surface area contributed by atoms with Crippen molar-refractivity contribution in [2.75, 3.05) is 6.54 Å². The van der Waals surface area contributed by atoms with Gasteiger partial charge in [0, 0.05) is 15.8 Å². The third kappa shape index (κ3) is 3.44. The topological polar surface area (TPSA) is 12.0 Å². The number of hydrogen-bond donors (Lipinski definition) is 1. The smallest absolute Gasteiger partial charge is 0.0455 e. The van der Waals surface area contributed by atoms with Gasteiger partial charge in [-0.3, -0.25) is 0 Å². The van der Waals surface area contributed by atoms with Crippen molar-refractivity contribution in [2.45, 2.75) is 33.2 Å². The molecule has 2 rings (SSSR count). The summed E-state index contributed by atoms with van der Waals surface area (Å²) in [5.41, 5.74) is 2.73. The van der Waals surface area contributed by atoms with Crippen molar-refractivity contribution < 1.29 is 0 Å². The first-order valence-corrected chi connectivity index (χ1v) is 7.36. The Morgan fingerprint density at radius 3 is 2.33 bits per heavy atom. The quantitative estimate of drug-likeness (QED) is 0.846. The number of benzene rings is 1. The summed E-state index contributed by atoms with van der Waals surface area (Å²) in [4.78, 5) is 2.83. The molecule has 0 aliphatic carbocycles. The molecular weight excluding hydrogens is 238 g/mol. The summed E-state index contributed by atoms with van der Waals surface area (Å²) in [5.74, 6) is 0. The number of rotatable bonds is 5. The van der Waals surface area contributed by atoms with Gasteiger partial charge in [0.1, 0.15) is 0 Å². The summed E-state index contributed by atoms with van der Waals surface area (Å²) in [6, 6.07) is 13.8. The molecule has 2 heteroatoms. The minimum Gasteiger partial charge on any atom is -0.309 e. The zero-order chi connectivity index (χ0) is 13.0. The average Bonchev–Trinajstić information content (AvgIpc) is 2.78. The van der Waals surface area contributed by atoms with Gasteiger partial charge in [0.15, 0.2) is 0 Å². The van der Waals surface area contributed by atoms with Crippen LogP contribution in [0.1, 0.15) is 33.8 Å². The summed E-state index contributed by atoms with van der Waals surface area (Å²) in [6.07, 6.45) is 1.06. The van der Waals surface area contributed by atoms with E-state index in [1.54, 1.807) is 0 Å². The van der Waals surface area contributed by atoms with Crippen LogP contribution in [0, 0.1) is 13.8 Å². The van der Waals surface area contributed by atoms with Crippen LogP contribution in [-0.2, 0) is 6.42 Å². The maximum absolute atomic E-state index is 3.59. The molecule has 1 nitrogen and oxygen atoms in total. The molecule has 2 aromatic rings. The van der Waals surface area contributed by atoms with Gasteiger partial charge in [-0.15, -0.1) is 11.3 Å². The molecule has 1 unspecified atom stereocenters. The van der Waals surface area contributed by atoms with Crippen LogP contribution in [0.5, 0.6) is 0 Å². The molecule has 18 heavy (non-hydrogen) atoms. The van der Waals surface area contributed by atoms with Gasteiger partial charge >= 0.3 is 0 Å². The molecular formula is C16H21NS. The van der Waals surface area contributed by atoms with E-state index in [9.17, 15) is 0 Å². The minimum atomic E-state index is 0.441. The van der Waals surface area contributed by atoms with Crippen molar-refractivity contribution >= 4 is 11.3 Å². The first-order valence-electron chi connectivity index (χ1n) is 6.54. The highest BCUT2D eigenvalue weighted by molar-refractivity contribution is 7.12. The molecule has 96 valence electrons. The predicted octanol–water partition coefficient (Wildman–Crippen LogP) is 4.26. The molecule has 1 heterocycles. The standard InChI is InChI=1S/C16H21NS/c1-4-17-15(16-10-7-13(3)18-16)11-14-8-5-12(2)6-9-14/h5-10,15,17H,4,11H2,1-3H3. The van der Waals surface area contributed by atoms with Gasteiger partial charge in [-0.05, 0) is 44.5 Å². The highest BCUT2D eigenvalue weighted by Crippen LogP contribution is 2.25. The molecule has 0 spiro atoms. The zero-order valence-corrected chi connectivity index (χ0v) is 12.2. The van der Waals surface area contributed by atoms with Crippen molar-refractivity contribution in [3.05, 3.63) is 57.3 Å². The lowest BCUT2D eigenvalue weighted by atomic mass is 10.0. The number of likely N-dealkylation sites (N-methyl/N-ethyl adjacent to an activating group) is 1. The second-order valence-corrected chi connectivity index (χ2v) is 6.07. The zero-order valence-electron chi connectivity index (χ0n) is 11.4. The van der Waals surface area contributed by atoms with Crippen LogP contribution >= 0.6 is 11.3 Å². The fourth-order valence-corrected chi connectivity index (χ4v) is 3.07. The van der Waals surface area contributed by atoms with Gasteiger partial charge in [-0.2, -0.15) is 0 Å². The molecule has 0 amide bonds. The Hall–Kier alpha value is -1.12. The first-order chi connectivity index (χ1) is 8.69. The largest absolute Gasteiger partial charge is 0.309 e. The molecule has 0 saturated heterocycles. The van der Waals surface area contributed by atoms with E-state index in [1.807, 2.05) is 11.3 Å². The highest BCUT2D eigenvalue weighted by Gasteiger charge is 2.12. The Balaban J connectivity index is 2.13. The van der Waals surface area contributed by atoms with Crippen molar-refractivity contribution in [3.63, 3.8) is 0 Å². The summed E-state index contributed by atoms with van der Waals surface area (Å²) in [5, 5.41) is 3.59. The second kappa shape index (κ2) is 6.17. The molecule has 0 radical (unpaired) electrons. The lowest BCUT2D eigenvalue weighted by Gasteiger charge is -2.16. The van der Waals surface area contributed by atoms with Crippen LogP contribution in [0.4, 0.5) is 0 Å². The van der Waals surface area contributed by atoms with E-state index in [4.69, 9.17) is 0 Å². The van der Waals surface area contributed by atoms with E-state index >= 15 is 0 Å². The lowest BCUT2D eigenvalue weighted by Crippen LogP contribution is -2.22. The van der Waals surface area contributed by atoms with Crippen LogP contribution < -0.4 is 5.32 Å². The number of thiophene rings is 1. The molecule has 1 atom stereocenters. The number of aryl methyl sites for hydroxylation is 2. The van der Waals surface area contributed by atoms with Gasteiger partial charge in [0.05, 0.1) is 0 Å². The molecule has 0 fully saturated rings. The number of hydrogen-bond acceptors (Lipinski definition) is 2. The summed E-state index contributed by atoms with van der Waals surface area (Å²) in [6.45, 7) is 7.48. The maximum atomic E-state index is 3.59. The van der Waals surface area contributed by atoms with Gasteiger partial charge in [-0.25, -0.2) is 0 Å². The molecule has 0 aliphatic heterocycles. The summed E-state index contributed by atoms with van der Waals surface area (Å²) < 4.78 is 0. The Bertz CT molecular complexity index is 484. The van der Waals surface area contributed by atoms with Crippen molar-refractivity contribution in [1.29, 1.82) is 0 Å². The molecule has 1 aromatic heterocycles. The van der Waals surface area contributed by atoms with E-state index in [0.29, 0.717) is 6.04 Å². The summed E-state index contributed by atoms with van der Waals surface area (Å²) in [7, 11) is 0. The first kappa shape index (κ1) is 13.3. The Kier molecular flexibility index (Phi) is 4.56. The third-order valence-electron chi connectivity index (χ3n) is 3.12. The van der Waals surface area contributed by atoms with E-state index < -0.39 is 0 Å². The van der Waals surface area contributed by atoms with Crippen molar-refractivity contribution in [2.24, 2.45) is 0 Å². The Labute approximate surface area is 114 Å². The minimum absolute atomic E-state index is 0.441. The van der Waals surface area contributed by atoms with E-state index in [0.717, 1.165) is 13.0 Å². The van der Waals surface area contributed by atoms with Crippen molar-refractivity contribution in [3.8, 4) is 0 Å². The van der Waals surface area contributed by atoms with Crippen LogP contribution in [0.2, 0.25) is 0 Å². The van der Waals surface area contributed by atoms with Gasteiger partial charge in [0.25, 0.3) is 0 Å². The lowest BCUT2D eigenvalue weighted by molar-refractivity contribution is 0.558. The average molecular weight is 259 g/mol. The van der Waals surface area contributed by atoms with Gasteiger partial charge in [-0.1, -0.05) is 36.8 Å². The normalized spacial score (nSPS) is 12.6. The molecule has 0 bridgehead atoms. The fourth-order valence-electron chi connectivity index (χ4n) is 2.12. The summed E-state index contributed by atoms with van der Waals surface area (Å²) >= 11 is 1.90. The SMILES string of the molecule is CCNC(Cc1ccc(C)cc1)c1ccc(C)s1. The van der Waals surface area contributed by atoms with Gasteiger partial charge < -0.3 is 5.32 Å². The van der Waals surface area contributed by atoms with Gasteiger partial charge in [0.2, 0.25) is 0 Å². The highest BCUT2D eigenvalue weighted by atomic mass is 32.1. The van der Waals surface area contributed by atoms with E-state index in [1.165, 1.54) is 20.9 Å².